The van der Waals surface area contributed by atoms with Gasteiger partial charge in [0.15, 0.2) is 0 Å². The van der Waals surface area contributed by atoms with E-state index in [4.69, 9.17) is 11.0 Å². The van der Waals surface area contributed by atoms with Crippen LogP contribution in [0.25, 0.3) is 0 Å². The SMILES string of the molecule is Cc1cc(C(N)=O)ccc1NCc1cc(C#N)n(C)c1C. The Kier molecular flexibility index (Phi) is 3.99. The lowest BCUT2D eigenvalue weighted by Crippen LogP contribution is -2.11. The third-order valence-corrected chi connectivity index (χ3v) is 3.73. The lowest BCUT2D eigenvalue weighted by Gasteiger charge is -2.10. The molecule has 0 spiro atoms. The van der Waals surface area contributed by atoms with Gasteiger partial charge < -0.3 is 15.6 Å². The zero-order chi connectivity index (χ0) is 15.6. The third-order valence-electron chi connectivity index (χ3n) is 3.73. The first kappa shape index (κ1) is 14.7. The molecule has 5 heteroatoms. The number of rotatable bonds is 4. The number of aromatic nitrogens is 1. The van der Waals surface area contributed by atoms with E-state index in [9.17, 15) is 4.79 Å². The monoisotopic (exact) mass is 282 g/mol. The highest BCUT2D eigenvalue weighted by Gasteiger charge is 2.09. The van der Waals surface area contributed by atoms with Crippen molar-refractivity contribution >= 4 is 11.6 Å². The molecule has 5 nitrogen and oxygen atoms in total. The smallest absolute Gasteiger partial charge is 0.248 e. The van der Waals surface area contributed by atoms with Crippen LogP contribution in [0, 0.1) is 25.2 Å². The van der Waals surface area contributed by atoms with Crippen molar-refractivity contribution in [3.63, 3.8) is 0 Å². The molecule has 0 aliphatic heterocycles. The molecule has 0 unspecified atom stereocenters. The van der Waals surface area contributed by atoms with Crippen LogP contribution in [0.4, 0.5) is 5.69 Å². The van der Waals surface area contributed by atoms with E-state index in [1.165, 1.54) is 0 Å². The first-order valence-electron chi connectivity index (χ1n) is 6.63. The van der Waals surface area contributed by atoms with Gasteiger partial charge in [0.2, 0.25) is 5.91 Å². The summed E-state index contributed by atoms with van der Waals surface area (Å²) in [6, 6.07) is 9.37. The predicted molar refractivity (Wildman–Crippen MR) is 81.9 cm³/mol. The van der Waals surface area contributed by atoms with Crippen LogP contribution in [-0.2, 0) is 13.6 Å². The molecule has 21 heavy (non-hydrogen) atoms. The summed E-state index contributed by atoms with van der Waals surface area (Å²) in [5.74, 6) is -0.429. The fourth-order valence-electron chi connectivity index (χ4n) is 2.25. The van der Waals surface area contributed by atoms with E-state index in [-0.39, 0.29) is 0 Å². The zero-order valence-corrected chi connectivity index (χ0v) is 12.4. The van der Waals surface area contributed by atoms with Crippen LogP contribution in [0.1, 0.15) is 32.9 Å². The molecule has 108 valence electrons. The van der Waals surface area contributed by atoms with Crippen molar-refractivity contribution < 1.29 is 4.79 Å². The maximum absolute atomic E-state index is 11.1. The summed E-state index contributed by atoms with van der Waals surface area (Å²) in [4.78, 5) is 11.1. The van der Waals surface area contributed by atoms with E-state index in [1.54, 1.807) is 12.1 Å². The number of aryl methyl sites for hydroxylation is 1. The van der Waals surface area contributed by atoms with Crippen LogP contribution in [0.5, 0.6) is 0 Å². The average molecular weight is 282 g/mol. The molecule has 0 atom stereocenters. The van der Waals surface area contributed by atoms with Crippen molar-refractivity contribution in [2.45, 2.75) is 20.4 Å². The van der Waals surface area contributed by atoms with Gasteiger partial charge in [-0.2, -0.15) is 5.26 Å². The second-order valence-electron chi connectivity index (χ2n) is 5.06. The molecule has 0 saturated heterocycles. The first-order chi connectivity index (χ1) is 9.93. The van der Waals surface area contributed by atoms with Crippen LogP contribution in [0.15, 0.2) is 24.3 Å². The molecule has 1 aromatic heterocycles. The highest BCUT2D eigenvalue weighted by Crippen LogP contribution is 2.19. The van der Waals surface area contributed by atoms with E-state index in [0.717, 1.165) is 22.5 Å². The number of amides is 1. The summed E-state index contributed by atoms with van der Waals surface area (Å²) >= 11 is 0. The van der Waals surface area contributed by atoms with Crippen LogP contribution < -0.4 is 11.1 Å². The maximum Gasteiger partial charge on any atom is 0.248 e. The van der Waals surface area contributed by atoms with Gasteiger partial charge in [-0.25, -0.2) is 0 Å². The molecule has 3 N–H and O–H groups in total. The van der Waals surface area contributed by atoms with Gasteiger partial charge in [-0.15, -0.1) is 0 Å². The number of nitrogens with zero attached hydrogens (tertiary/aromatic N) is 2. The molecule has 0 bridgehead atoms. The quantitative estimate of drug-likeness (QED) is 0.901. The minimum atomic E-state index is -0.429. The molecule has 0 aliphatic rings. The first-order valence-corrected chi connectivity index (χ1v) is 6.63. The van der Waals surface area contributed by atoms with Gasteiger partial charge in [-0.05, 0) is 49.2 Å². The number of nitriles is 1. The fraction of sp³-hybridized carbons (Fsp3) is 0.250. The fourth-order valence-corrected chi connectivity index (χ4v) is 2.25. The second kappa shape index (κ2) is 5.71. The number of nitrogens with one attached hydrogen (secondary N) is 1. The van der Waals surface area contributed by atoms with Gasteiger partial charge >= 0.3 is 0 Å². The maximum atomic E-state index is 11.1. The molecular formula is C16H18N4O. The van der Waals surface area contributed by atoms with Crippen molar-refractivity contribution in [2.24, 2.45) is 12.8 Å². The molecule has 0 radical (unpaired) electrons. The Morgan fingerprint density at radius 2 is 2.10 bits per heavy atom. The summed E-state index contributed by atoms with van der Waals surface area (Å²) in [5.41, 5.74) is 10.4. The number of carbonyl (C=O) groups is 1. The van der Waals surface area contributed by atoms with E-state index < -0.39 is 5.91 Å². The Hall–Kier alpha value is -2.74. The van der Waals surface area contributed by atoms with Crippen molar-refractivity contribution in [1.82, 2.24) is 4.57 Å². The lowest BCUT2D eigenvalue weighted by molar-refractivity contribution is 0.1000. The summed E-state index contributed by atoms with van der Waals surface area (Å²) in [7, 11) is 1.88. The van der Waals surface area contributed by atoms with Gasteiger partial charge in [0.1, 0.15) is 11.8 Å². The van der Waals surface area contributed by atoms with Gasteiger partial charge in [-0.3, -0.25) is 4.79 Å². The molecular weight excluding hydrogens is 264 g/mol. The Morgan fingerprint density at radius 3 is 2.62 bits per heavy atom. The van der Waals surface area contributed by atoms with E-state index in [0.29, 0.717) is 17.8 Å². The average Bonchev–Trinajstić information content (AvgIpc) is 2.73. The van der Waals surface area contributed by atoms with Gasteiger partial charge in [0.05, 0.1) is 0 Å². The van der Waals surface area contributed by atoms with Crippen molar-refractivity contribution in [3.05, 3.63) is 52.3 Å². The molecule has 1 heterocycles. The van der Waals surface area contributed by atoms with Crippen molar-refractivity contribution in [2.75, 3.05) is 5.32 Å². The molecule has 1 amide bonds. The van der Waals surface area contributed by atoms with E-state index in [2.05, 4.69) is 11.4 Å². The van der Waals surface area contributed by atoms with Crippen LogP contribution in [0.2, 0.25) is 0 Å². The third kappa shape index (κ3) is 2.90. The molecule has 0 saturated carbocycles. The topological polar surface area (TPSA) is 83.8 Å². The summed E-state index contributed by atoms with van der Waals surface area (Å²) in [6.07, 6.45) is 0. The Bertz CT molecular complexity index is 737. The highest BCUT2D eigenvalue weighted by atomic mass is 16.1. The summed E-state index contributed by atoms with van der Waals surface area (Å²) in [6.45, 7) is 4.53. The minimum Gasteiger partial charge on any atom is -0.381 e. The lowest BCUT2D eigenvalue weighted by atomic mass is 10.1. The van der Waals surface area contributed by atoms with Gasteiger partial charge in [0, 0.05) is 30.5 Å². The van der Waals surface area contributed by atoms with E-state index >= 15 is 0 Å². The standard InChI is InChI=1S/C16H18N4O/c1-10-6-12(16(18)21)4-5-15(10)19-9-13-7-14(8-17)20(3)11(13)2/h4-7,19H,9H2,1-3H3,(H2,18,21). The van der Waals surface area contributed by atoms with Crippen LogP contribution >= 0.6 is 0 Å². The molecule has 1 aromatic carbocycles. The number of nitrogens with two attached hydrogens (primary N) is 1. The predicted octanol–water partition coefficient (Wildman–Crippen LogP) is 2.22. The van der Waals surface area contributed by atoms with Crippen molar-refractivity contribution in [1.29, 1.82) is 5.26 Å². The Morgan fingerprint density at radius 1 is 1.38 bits per heavy atom. The second-order valence-corrected chi connectivity index (χ2v) is 5.06. The minimum absolute atomic E-state index is 0.429. The van der Waals surface area contributed by atoms with Gasteiger partial charge in [0.25, 0.3) is 0 Å². The number of primary amides is 1. The molecule has 2 aromatic rings. The number of carbonyl (C=O) groups excluding carboxylic acids is 1. The van der Waals surface area contributed by atoms with Crippen molar-refractivity contribution in [3.8, 4) is 6.07 Å². The molecule has 0 fully saturated rings. The largest absolute Gasteiger partial charge is 0.381 e. The van der Waals surface area contributed by atoms with E-state index in [1.807, 2.05) is 37.6 Å². The highest BCUT2D eigenvalue weighted by molar-refractivity contribution is 5.93. The summed E-state index contributed by atoms with van der Waals surface area (Å²) in [5, 5.41) is 12.4. The van der Waals surface area contributed by atoms with Crippen LogP contribution in [0.3, 0.4) is 0 Å². The Balaban J connectivity index is 2.17. The number of benzene rings is 1. The summed E-state index contributed by atoms with van der Waals surface area (Å²) < 4.78 is 1.88. The number of hydrogen-bond donors (Lipinski definition) is 2. The Labute approximate surface area is 124 Å². The number of anilines is 1. The molecule has 2 rings (SSSR count). The normalized spacial score (nSPS) is 10.2. The van der Waals surface area contributed by atoms with Gasteiger partial charge in [-0.1, -0.05) is 0 Å². The molecule has 0 aliphatic carbocycles. The van der Waals surface area contributed by atoms with Crippen LogP contribution in [-0.4, -0.2) is 10.5 Å². The zero-order valence-electron chi connectivity index (χ0n) is 12.4. The number of hydrogen-bond acceptors (Lipinski definition) is 3.